The first-order valence-electron chi connectivity index (χ1n) is 11.2. The Bertz CT molecular complexity index is 1550. The summed E-state index contributed by atoms with van der Waals surface area (Å²) in [4.78, 5) is 26.5. The van der Waals surface area contributed by atoms with Gasteiger partial charge in [-0.15, -0.1) is 0 Å². The van der Waals surface area contributed by atoms with Crippen LogP contribution < -0.4 is 20.7 Å². The summed E-state index contributed by atoms with van der Waals surface area (Å²) >= 11 is 0. The molecule has 9 nitrogen and oxygen atoms in total. The van der Waals surface area contributed by atoms with Crippen LogP contribution in [0.1, 0.15) is 22.9 Å². The van der Waals surface area contributed by atoms with Gasteiger partial charge in [0.2, 0.25) is 5.75 Å². The standard InChI is InChI=1S/C26H27N3O6/c1-14-6-8-15(9-7-14)20-19-21(27(2)26(32)28(3)25(19)31)22-24(35-11-10-29(20)22)16-12-17(33-4)23(30)18(13-16)34-5/h6-9,12-13,24,30H,10-11H2,1-5H3. The highest BCUT2D eigenvalue weighted by Crippen LogP contribution is 2.45. The minimum absolute atomic E-state index is 0.114. The molecule has 1 aliphatic rings. The van der Waals surface area contributed by atoms with Crippen molar-refractivity contribution in [1.29, 1.82) is 0 Å². The topological polar surface area (TPSA) is 96.9 Å². The zero-order chi connectivity index (χ0) is 25.0. The number of phenolic OH excluding ortho intramolecular Hbond substituents is 1. The summed E-state index contributed by atoms with van der Waals surface area (Å²) in [6.07, 6.45) is -0.633. The summed E-state index contributed by atoms with van der Waals surface area (Å²) in [7, 11) is 6.07. The summed E-state index contributed by atoms with van der Waals surface area (Å²) in [6.45, 7) is 2.90. The molecular formula is C26H27N3O6. The molecule has 182 valence electrons. The second kappa shape index (κ2) is 8.35. The van der Waals surface area contributed by atoms with Gasteiger partial charge in [0.05, 0.1) is 43.1 Å². The number of hydrogen-bond donors (Lipinski definition) is 1. The third-order valence-corrected chi connectivity index (χ3v) is 6.68. The predicted octanol–water partition coefficient (Wildman–Crippen LogP) is 2.86. The van der Waals surface area contributed by atoms with Crippen molar-refractivity contribution in [3.05, 3.63) is 74.1 Å². The maximum atomic E-state index is 13.5. The molecule has 1 N–H and O–H groups in total. The highest BCUT2D eigenvalue weighted by molar-refractivity contribution is 5.96. The van der Waals surface area contributed by atoms with Gasteiger partial charge in [-0.2, -0.15) is 0 Å². The van der Waals surface area contributed by atoms with Crippen LogP contribution in [0.4, 0.5) is 0 Å². The lowest BCUT2D eigenvalue weighted by atomic mass is 10.0. The number of aromatic nitrogens is 3. The molecule has 4 aromatic rings. The second-order valence-electron chi connectivity index (χ2n) is 8.71. The number of ether oxygens (including phenoxy) is 3. The molecule has 35 heavy (non-hydrogen) atoms. The number of nitrogens with zero attached hydrogens (tertiary/aromatic N) is 3. The molecule has 2 aromatic carbocycles. The number of methoxy groups -OCH3 is 2. The highest BCUT2D eigenvalue weighted by Gasteiger charge is 2.34. The largest absolute Gasteiger partial charge is 0.502 e. The van der Waals surface area contributed by atoms with Gasteiger partial charge in [0.1, 0.15) is 6.10 Å². The molecule has 2 aromatic heterocycles. The maximum absolute atomic E-state index is 13.5. The van der Waals surface area contributed by atoms with Gasteiger partial charge in [-0.1, -0.05) is 29.8 Å². The Kier molecular flexibility index (Phi) is 5.44. The molecule has 3 heterocycles. The number of phenols is 1. The number of fused-ring (bicyclic) bond motifs is 3. The van der Waals surface area contributed by atoms with Crippen molar-refractivity contribution in [1.82, 2.24) is 13.7 Å². The molecule has 1 atom stereocenters. The van der Waals surface area contributed by atoms with Crippen molar-refractivity contribution in [3.63, 3.8) is 0 Å². The molecule has 0 fully saturated rings. The number of aromatic hydroxyl groups is 1. The lowest BCUT2D eigenvalue weighted by Crippen LogP contribution is -2.37. The summed E-state index contributed by atoms with van der Waals surface area (Å²) in [5.41, 5.74) is 3.82. The quantitative estimate of drug-likeness (QED) is 0.486. The second-order valence-corrected chi connectivity index (χ2v) is 8.71. The molecule has 1 aliphatic heterocycles. The van der Waals surface area contributed by atoms with E-state index < -0.39 is 11.8 Å². The van der Waals surface area contributed by atoms with Crippen LogP contribution in [0.2, 0.25) is 0 Å². The monoisotopic (exact) mass is 477 g/mol. The molecular weight excluding hydrogens is 450 g/mol. The van der Waals surface area contributed by atoms with Crippen molar-refractivity contribution in [2.45, 2.75) is 19.6 Å². The fraction of sp³-hybridized carbons (Fsp3) is 0.308. The van der Waals surface area contributed by atoms with E-state index in [-0.39, 0.29) is 22.8 Å². The number of rotatable bonds is 4. The zero-order valence-electron chi connectivity index (χ0n) is 20.3. The van der Waals surface area contributed by atoms with Gasteiger partial charge in [0.25, 0.3) is 5.56 Å². The van der Waals surface area contributed by atoms with Crippen molar-refractivity contribution < 1.29 is 19.3 Å². The molecule has 0 bridgehead atoms. The predicted molar refractivity (Wildman–Crippen MR) is 132 cm³/mol. The van der Waals surface area contributed by atoms with E-state index in [0.29, 0.717) is 35.3 Å². The Morgan fingerprint density at radius 2 is 1.63 bits per heavy atom. The Balaban J connectivity index is 1.90. The fourth-order valence-electron chi connectivity index (χ4n) is 4.91. The van der Waals surface area contributed by atoms with E-state index in [0.717, 1.165) is 21.4 Å². The van der Waals surface area contributed by atoms with E-state index in [1.807, 2.05) is 31.2 Å². The first-order valence-corrected chi connectivity index (χ1v) is 11.2. The van der Waals surface area contributed by atoms with Crippen LogP contribution in [0.5, 0.6) is 17.2 Å². The van der Waals surface area contributed by atoms with Gasteiger partial charge in [0.15, 0.2) is 11.5 Å². The van der Waals surface area contributed by atoms with E-state index in [4.69, 9.17) is 14.2 Å². The molecule has 0 saturated carbocycles. The van der Waals surface area contributed by atoms with Gasteiger partial charge < -0.3 is 23.9 Å². The number of aryl methyl sites for hydroxylation is 2. The summed E-state index contributed by atoms with van der Waals surface area (Å²) in [6, 6.07) is 11.3. The van der Waals surface area contributed by atoms with Gasteiger partial charge in [-0.25, -0.2) is 4.79 Å². The molecule has 0 amide bonds. The molecule has 0 spiro atoms. The molecule has 0 radical (unpaired) electrons. The van der Waals surface area contributed by atoms with Gasteiger partial charge in [-0.05, 0) is 30.2 Å². The van der Waals surface area contributed by atoms with E-state index in [1.165, 1.54) is 25.8 Å². The average molecular weight is 478 g/mol. The molecule has 5 rings (SSSR count). The molecule has 1 unspecified atom stereocenters. The van der Waals surface area contributed by atoms with Crippen molar-refractivity contribution in [2.24, 2.45) is 14.1 Å². The zero-order valence-corrected chi connectivity index (χ0v) is 20.3. The Morgan fingerprint density at radius 3 is 2.23 bits per heavy atom. The van der Waals surface area contributed by atoms with E-state index >= 15 is 0 Å². The highest BCUT2D eigenvalue weighted by atomic mass is 16.5. The third kappa shape index (κ3) is 3.34. The smallest absolute Gasteiger partial charge is 0.331 e. The van der Waals surface area contributed by atoms with E-state index in [2.05, 4.69) is 4.57 Å². The van der Waals surface area contributed by atoms with Crippen molar-refractivity contribution in [3.8, 4) is 28.5 Å². The summed E-state index contributed by atoms with van der Waals surface area (Å²) in [5.74, 6) is 0.357. The number of hydrogen-bond acceptors (Lipinski definition) is 6. The van der Waals surface area contributed by atoms with Crippen LogP contribution in [-0.2, 0) is 25.4 Å². The number of benzene rings is 2. The SMILES string of the molecule is COc1cc(C2OCCn3c(-c4ccc(C)cc4)c4c(=O)n(C)c(=O)n(C)c4c32)cc(OC)c1O. The van der Waals surface area contributed by atoms with Crippen LogP contribution >= 0.6 is 0 Å². The minimum atomic E-state index is -0.633. The lowest BCUT2D eigenvalue weighted by Gasteiger charge is -2.28. The third-order valence-electron chi connectivity index (χ3n) is 6.68. The van der Waals surface area contributed by atoms with Gasteiger partial charge >= 0.3 is 5.69 Å². The van der Waals surface area contributed by atoms with Crippen LogP contribution in [0.25, 0.3) is 22.2 Å². The normalized spacial score (nSPS) is 15.3. The minimum Gasteiger partial charge on any atom is -0.502 e. The van der Waals surface area contributed by atoms with Gasteiger partial charge in [0, 0.05) is 20.6 Å². The molecule has 0 saturated heterocycles. The molecule has 9 heteroatoms. The fourth-order valence-corrected chi connectivity index (χ4v) is 4.91. The Morgan fingerprint density at radius 1 is 1.00 bits per heavy atom. The van der Waals surface area contributed by atoms with Crippen molar-refractivity contribution >= 4 is 10.9 Å². The van der Waals surface area contributed by atoms with Crippen LogP contribution in [-0.4, -0.2) is 39.6 Å². The van der Waals surface area contributed by atoms with E-state index in [9.17, 15) is 14.7 Å². The Hall–Kier alpha value is -3.98. The van der Waals surface area contributed by atoms with E-state index in [1.54, 1.807) is 19.2 Å². The Labute approximate surface area is 201 Å². The van der Waals surface area contributed by atoms with Gasteiger partial charge in [-0.3, -0.25) is 13.9 Å². The molecule has 0 aliphatic carbocycles. The van der Waals surface area contributed by atoms with Crippen LogP contribution in [0, 0.1) is 6.92 Å². The van der Waals surface area contributed by atoms with Crippen LogP contribution in [0.3, 0.4) is 0 Å². The first kappa shape index (κ1) is 22.8. The summed E-state index contributed by atoms with van der Waals surface area (Å²) in [5, 5.41) is 10.9. The summed E-state index contributed by atoms with van der Waals surface area (Å²) < 4.78 is 21.6. The maximum Gasteiger partial charge on any atom is 0.331 e. The average Bonchev–Trinajstić information content (AvgIpc) is 3.22. The first-order chi connectivity index (χ1) is 16.8. The van der Waals surface area contributed by atoms with Crippen molar-refractivity contribution in [2.75, 3.05) is 20.8 Å². The van der Waals surface area contributed by atoms with Crippen LogP contribution in [0.15, 0.2) is 46.0 Å². The lowest BCUT2D eigenvalue weighted by molar-refractivity contribution is 0.0475.